The van der Waals surface area contributed by atoms with E-state index in [1.54, 1.807) is 12.8 Å². The fourth-order valence-corrected chi connectivity index (χ4v) is 10.3. The molecule has 0 heteroatoms. The van der Waals surface area contributed by atoms with Gasteiger partial charge in [-0.15, -0.1) is 0 Å². The minimum absolute atomic E-state index is 0.558. The second kappa shape index (κ2) is 4.07. The third-order valence-corrected chi connectivity index (χ3v) is 10.4. The first kappa shape index (κ1) is 14.6. The van der Waals surface area contributed by atoms with Crippen molar-refractivity contribution >= 4 is 0 Å². The molecule has 6 aliphatic rings. The zero-order valence-corrected chi connectivity index (χ0v) is 16.0. The maximum atomic E-state index is 2.75. The van der Waals surface area contributed by atoms with Gasteiger partial charge in [-0.2, -0.15) is 0 Å². The predicted molar refractivity (Wildman–Crippen MR) is 99.3 cm³/mol. The molecule has 0 aliphatic heterocycles. The van der Waals surface area contributed by atoms with E-state index in [4.69, 9.17) is 0 Å². The minimum Gasteiger partial charge on any atom is -0.0885 e. The Hall–Kier alpha value is -0.520. The molecule has 0 spiro atoms. The van der Waals surface area contributed by atoms with E-state index in [0.29, 0.717) is 16.2 Å². The lowest BCUT2D eigenvalue weighted by Gasteiger charge is -2.53. The van der Waals surface area contributed by atoms with Crippen LogP contribution in [-0.4, -0.2) is 0 Å². The van der Waals surface area contributed by atoms with E-state index < -0.39 is 0 Å². The van der Waals surface area contributed by atoms with Gasteiger partial charge in [0.25, 0.3) is 0 Å². The SMILES string of the molecule is CCC=CC1CC2(C)CC1C1C2C2CC1(C)C1C3C=CC(C)(C3)C21. The highest BCUT2D eigenvalue weighted by atomic mass is 14.8. The fraction of sp³-hybridized carbons (Fsp3) is 0.833. The normalized spacial score (nSPS) is 67.7. The average molecular weight is 323 g/mol. The Morgan fingerprint density at radius 2 is 1.75 bits per heavy atom. The summed E-state index contributed by atoms with van der Waals surface area (Å²) in [7, 11) is 0. The molecule has 0 aromatic rings. The standard InChI is InChI=1S/C24H34/c1-5-6-7-14-10-23(3)12-16(14)21-20(23)17-13-24(21,4)18-15-8-9-22(2,11-15)19(17)18/h6-9,14-21H,5,10-13H2,1-4H3. The molecule has 11 atom stereocenters. The van der Waals surface area contributed by atoms with Crippen LogP contribution >= 0.6 is 0 Å². The first-order valence-corrected chi connectivity index (χ1v) is 10.8. The first-order chi connectivity index (χ1) is 11.4. The second-order valence-electron chi connectivity index (χ2n) is 11.4. The van der Waals surface area contributed by atoms with Crippen LogP contribution in [0.2, 0.25) is 0 Å². The Labute approximate surface area is 148 Å². The molecule has 6 bridgehead atoms. The van der Waals surface area contributed by atoms with E-state index in [-0.39, 0.29) is 0 Å². The van der Waals surface area contributed by atoms with Gasteiger partial charge in [0.05, 0.1) is 0 Å². The lowest BCUT2D eigenvalue weighted by atomic mass is 9.51. The van der Waals surface area contributed by atoms with Gasteiger partial charge >= 0.3 is 0 Å². The molecule has 0 aromatic carbocycles. The smallest absolute Gasteiger partial charge is 0.0107 e. The molecule has 6 aliphatic carbocycles. The molecular formula is C24H34. The summed E-state index contributed by atoms with van der Waals surface area (Å²) in [6.07, 6.45) is 17.7. The van der Waals surface area contributed by atoms with Crippen molar-refractivity contribution in [1.29, 1.82) is 0 Å². The van der Waals surface area contributed by atoms with Gasteiger partial charge in [0.15, 0.2) is 0 Å². The monoisotopic (exact) mass is 322 g/mol. The van der Waals surface area contributed by atoms with Crippen molar-refractivity contribution in [2.45, 2.75) is 59.8 Å². The summed E-state index contributed by atoms with van der Waals surface area (Å²) in [6, 6.07) is 0. The summed E-state index contributed by atoms with van der Waals surface area (Å²) < 4.78 is 0. The van der Waals surface area contributed by atoms with E-state index in [2.05, 4.69) is 52.0 Å². The molecule has 0 nitrogen and oxygen atoms in total. The largest absolute Gasteiger partial charge is 0.0885 e. The van der Waals surface area contributed by atoms with Gasteiger partial charge in [-0.3, -0.25) is 0 Å². The van der Waals surface area contributed by atoms with E-state index in [1.165, 1.54) is 19.3 Å². The topological polar surface area (TPSA) is 0 Å². The molecule has 0 amide bonds. The summed E-state index contributed by atoms with van der Waals surface area (Å²) in [6.45, 7) is 10.3. The van der Waals surface area contributed by atoms with Crippen LogP contribution < -0.4 is 0 Å². The molecule has 130 valence electrons. The molecule has 24 heavy (non-hydrogen) atoms. The van der Waals surface area contributed by atoms with Crippen LogP contribution in [0.1, 0.15) is 59.8 Å². The Morgan fingerprint density at radius 3 is 2.54 bits per heavy atom. The summed E-state index contributed by atoms with van der Waals surface area (Å²) in [5.74, 6) is 8.04. The molecular weight excluding hydrogens is 288 g/mol. The number of rotatable bonds is 2. The van der Waals surface area contributed by atoms with Crippen LogP contribution in [-0.2, 0) is 0 Å². The maximum absolute atomic E-state index is 2.75. The summed E-state index contributed by atoms with van der Waals surface area (Å²) in [4.78, 5) is 0. The Bertz CT molecular complexity index is 657. The van der Waals surface area contributed by atoms with Gasteiger partial charge in [0, 0.05) is 0 Å². The molecule has 5 fully saturated rings. The van der Waals surface area contributed by atoms with Crippen molar-refractivity contribution < 1.29 is 0 Å². The third kappa shape index (κ3) is 1.36. The van der Waals surface area contributed by atoms with Gasteiger partial charge in [0.2, 0.25) is 0 Å². The molecule has 0 N–H and O–H groups in total. The van der Waals surface area contributed by atoms with Crippen LogP contribution in [0.4, 0.5) is 0 Å². The van der Waals surface area contributed by atoms with E-state index in [0.717, 1.165) is 47.3 Å². The lowest BCUT2D eigenvalue weighted by Crippen LogP contribution is -2.49. The molecule has 0 radical (unpaired) electrons. The average Bonchev–Trinajstić information content (AvgIpc) is 3.29. The van der Waals surface area contributed by atoms with Gasteiger partial charge in [-0.25, -0.2) is 0 Å². The number of allylic oxidation sites excluding steroid dienone is 4. The molecule has 0 aromatic heterocycles. The number of hydrogen-bond donors (Lipinski definition) is 0. The zero-order chi connectivity index (χ0) is 16.5. The van der Waals surface area contributed by atoms with Gasteiger partial charge in [-0.05, 0) is 95.7 Å². The van der Waals surface area contributed by atoms with Crippen molar-refractivity contribution in [1.82, 2.24) is 0 Å². The van der Waals surface area contributed by atoms with E-state index in [9.17, 15) is 0 Å². The van der Waals surface area contributed by atoms with Crippen molar-refractivity contribution in [3.63, 3.8) is 0 Å². The highest BCUT2D eigenvalue weighted by Gasteiger charge is 2.78. The zero-order valence-electron chi connectivity index (χ0n) is 16.0. The van der Waals surface area contributed by atoms with Gasteiger partial charge in [-0.1, -0.05) is 52.0 Å². The molecule has 0 saturated heterocycles. The highest BCUT2D eigenvalue weighted by molar-refractivity contribution is 5.33. The summed E-state index contributed by atoms with van der Waals surface area (Å²) in [5.41, 5.74) is 1.88. The van der Waals surface area contributed by atoms with Crippen LogP contribution in [0.3, 0.4) is 0 Å². The Morgan fingerprint density at radius 1 is 0.917 bits per heavy atom. The van der Waals surface area contributed by atoms with Crippen molar-refractivity contribution in [3.8, 4) is 0 Å². The summed E-state index contributed by atoms with van der Waals surface area (Å²) in [5, 5.41) is 0. The van der Waals surface area contributed by atoms with Gasteiger partial charge in [0.1, 0.15) is 0 Å². The molecule has 5 saturated carbocycles. The Kier molecular flexibility index (Phi) is 2.48. The number of hydrogen-bond acceptors (Lipinski definition) is 0. The van der Waals surface area contributed by atoms with Gasteiger partial charge < -0.3 is 0 Å². The molecule has 11 unspecified atom stereocenters. The van der Waals surface area contributed by atoms with Crippen molar-refractivity contribution in [2.24, 2.45) is 63.6 Å². The fourth-order valence-electron chi connectivity index (χ4n) is 10.3. The minimum atomic E-state index is 0.558. The van der Waals surface area contributed by atoms with Crippen LogP contribution in [0.25, 0.3) is 0 Å². The third-order valence-electron chi connectivity index (χ3n) is 10.4. The first-order valence-electron chi connectivity index (χ1n) is 10.8. The Balaban J connectivity index is 1.44. The quantitative estimate of drug-likeness (QED) is 0.425. The molecule has 6 rings (SSSR count). The maximum Gasteiger partial charge on any atom is -0.0107 e. The van der Waals surface area contributed by atoms with Crippen LogP contribution in [0.15, 0.2) is 24.3 Å². The number of fused-ring (bicyclic) bond motifs is 16. The van der Waals surface area contributed by atoms with Crippen molar-refractivity contribution in [2.75, 3.05) is 0 Å². The lowest BCUT2D eigenvalue weighted by molar-refractivity contribution is -0.0461. The van der Waals surface area contributed by atoms with E-state index >= 15 is 0 Å². The molecule has 0 heterocycles. The predicted octanol–water partition coefficient (Wildman–Crippen LogP) is 6.10. The van der Waals surface area contributed by atoms with Crippen LogP contribution in [0.5, 0.6) is 0 Å². The van der Waals surface area contributed by atoms with Crippen molar-refractivity contribution in [3.05, 3.63) is 24.3 Å². The summed E-state index contributed by atoms with van der Waals surface area (Å²) >= 11 is 0. The van der Waals surface area contributed by atoms with Crippen LogP contribution in [0, 0.1) is 63.6 Å². The highest BCUT2D eigenvalue weighted by Crippen LogP contribution is 2.84. The van der Waals surface area contributed by atoms with E-state index in [1.807, 2.05) is 0 Å². The second-order valence-corrected chi connectivity index (χ2v) is 11.4.